The number of thiophene rings is 1. The third-order valence-electron chi connectivity index (χ3n) is 2.90. The summed E-state index contributed by atoms with van der Waals surface area (Å²) in [4.78, 5) is 14.8. The average molecular weight is 253 g/mol. The fourth-order valence-electron chi connectivity index (χ4n) is 1.86. The molecule has 1 aromatic heterocycles. The number of hydrogen-bond acceptors (Lipinski definition) is 3. The lowest BCUT2D eigenvalue weighted by atomic mass is 10.0. The summed E-state index contributed by atoms with van der Waals surface area (Å²) in [6.07, 6.45) is 0.817. The molecule has 0 aromatic carbocycles. The van der Waals surface area contributed by atoms with Gasteiger partial charge in [0.25, 0.3) is 0 Å². The topological polar surface area (TPSA) is 58.4 Å². The van der Waals surface area contributed by atoms with Gasteiger partial charge in [-0.2, -0.15) is 0 Å². The van der Waals surface area contributed by atoms with Crippen molar-refractivity contribution in [1.82, 2.24) is 10.2 Å². The Kier molecular flexibility index (Phi) is 3.40. The summed E-state index contributed by atoms with van der Waals surface area (Å²) >= 11 is 1.68. The van der Waals surface area contributed by atoms with E-state index in [9.17, 15) is 4.79 Å². The zero-order valence-corrected chi connectivity index (χ0v) is 11.1. The van der Waals surface area contributed by atoms with Gasteiger partial charge in [0.05, 0.1) is 6.04 Å². The molecule has 1 unspecified atom stereocenters. The number of nitrogens with one attached hydrogen (secondary N) is 1. The van der Waals surface area contributed by atoms with Gasteiger partial charge in [-0.1, -0.05) is 6.07 Å². The second-order valence-electron chi connectivity index (χ2n) is 5.20. The van der Waals surface area contributed by atoms with Gasteiger partial charge in [0, 0.05) is 23.5 Å². The highest BCUT2D eigenvalue weighted by atomic mass is 32.1. The van der Waals surface area contributed by atoms with Gasteiger partial charge in [0.1, 0.15) is 0 Å². The normalized spacial score (nSPS) is 20.8. The summed E-state index contributed by atoms with van der Waals surface area (Å²) in [7, 11) is 0. The predicted octanol–water partition coefficient (Wildman–Crippen LogP) is 1.94. The van der Waals surface area contributed by atoms with Gasteiger partial charge >= 0.3 is 6.03 Å². The molecule has 17 heavy (non-hydrogen) atoms. The van der Waals surface area contributed by atoms with Gasteiger partial charge in [-0.15, -0.1) is 11.3 Å². The molecule has 1 aliphatic rings. The van der Waals surface area contributed by atoms with Crippen LogP contribution in [0.25, 0.3) is 0 Å². The van der Waals surface area contributed by atoms with E-state index in [-0.39, 0.29) is 17.6 Å². The summed E-state index contributed by atoms with van der Waals surface area (Å²) < 4.78 is 0. The van der Waals surface area contributed by atoms with Gasteiger partial charge in [-0.05, 0) is 31.7 Å². The molecule has 2 heterocycles. The molecule has 5 heteroatoms. The first-order valence-corrected chi connectivity index (χ1v) is 6.71. The van der Waals surface area contributed by atoms with Crippen LogP contribution in [0.4, 0.5) is 4.79 Å². The molecule has 2 amide bonds. The Morgan fingerprint density at radius 2 is 2.41 bits per heavy atom. The van der Waals surface area contributed by atoms with E-state index in [1.165, 1.54) is 4.88 Å². The Morgan fingerprint density at radius 1 is 1.65 bits per heavy atom. The molecule has 0 saturated carbocycles. The maximum Gasteiger partial charge on any atom is 0.318 e. The van der Waals surface area contributed by atoms with Crippen molar-refractivity contribution < 1.29 is 4.79 Å². The first-order valence-electron chi connectivity index (χ1n) is 5.83. The Balaban J connectivity index is 1.92. The van der Waals surface area contributed by atoms with E-state index in [1.54, 1.807) is 11.3 Å². The Labute approximate surface area is 106 Å². The average Bonchev–Trinajstić information content (AvgIpc) is 2.82. The molecule has 0 bridgehead atoms. The highest BCUT2D eigenvalue weighted by Gasteiger charge is 2.30. The molecule has 94 valence electrons. The van der Waals surface area contributed by atoms with Crippen molar-refractivity contribution in [2.45, 2.75) is 31.8 Å². The molecule has 0 spiro atoms. The van der Waals surface area contributed by atoms with Crippen molar-refractivity contribution in [3.63, 3.8) is 0 Å². The van der Waals surface area contributed by atoms with E-state index < -0.39 is 0 Å². The number of nitrogens with two attached hydrogens (primary N) is 1. The number of carbonyl (C=O) groups excluding carboxylic acids is 1. The fourth-order valence-corrected chi connectivity index (χ4v) is 2.63. The van der Waals surface area contributed by atoms with Crippen molar-refractivity contribution in [1.29, 1.82) is 0 Å². The van der Waals surface area contributed by atoms with Crippen molar-refractivity contribution in [3.8, 4) is 0 Å². The zero-order valence-electron chi connectivity index (χ0n) is 10.3. The minimum absolute atomic E-state index is 0.0210. The number of amides is 2. The molecule has 3 N–H and O–H groups in total. The quantitative estimate of drug-likeness (QED) is 0.861. The van der Waals surface area contributed by atoms with Crippen LogP contribution in [0.3, 0.4) is 0 Å². The monoisotopic (exact) mass is 253 g/mol. The molecule has 1 atom stereocenters. The lowest BCUT2D eigenvalue weighted by Gasteiger charge is -2.22. The lowest BCUT2D eigenvalue weighted by Crippen LogP contribution is -2.38. The summed E-state index contributed by atoms with van der Waals surface area (Å²) in [5.74, 6) is 0. The Morgan fingerprint density at radius 3 is 3.00 bits per heavy atom. The zero-order chi connectivity index (χ0) is 12.5. The molecular weight excluding hydrogens is 234 g/mol. The van der Waals surface area contributed by atoms with Crippen LogP contribution in [0.2, 0.25) is 0 Å². The molecule has 1 aliphatic heterocycles. The number of nitrogens with zero attached hydrogens (tertiary/aromatic N) is 1. The smallest absolute Gasteiger partial charge is 0.318 e. The van der Waals surface area contributed by atoms with Crippen LogP contribution in [0, 0.1) is 0 Å². The fraction of sp³-hybridized carbons (Fsp3) is 0.583. The van der Waals surface area contributed by atoms with Crippen LogP contribution >= 0.6 is 11.3 Å². The third-order valence-corrected chi connectivity index (χ3v) is 3.89. The summed E-state index contributed by atoms with van der Waals surface area (Å²) in [5.41, 5.74) is 5.71. The van der Waals surface area contributed by atoms with Crippen molar-refractivity contribution >= 4 is 17.4 Å². The maximum atomic E-state index is 11.8. The first-order chi connectivity index (χ1) is 7.96. The molecule has 1 saturated heterocycles. The second-order valence-corrected chi connectivity index (χ2v) is 6.18. The summed E-state index contributed by atoms with van der Waals surface area (Å²) in [5, 5.41) is 5.03. The first kappa shape index (κ1) is 12.4. The van der Waals surface area contributed by atoms with Crippen LogP contribution in [-0.2, 0) is 0 Å². The van der Waals surface area contributed by atoms with E-state index in [0.717, 1.165) is 19.5 Å². The number of hydrogen-bond donors (Lipinski definition) is 2. The number of carbonyl (C=O) groups is 1. The van der Waals surface area contributed by atoms with Crippen LogP contribution in [0.5, 0.6) is 0 Å². The van der Waals surface area contributed by atoms with Crippen LogP contribution in [-0.4, -0.2) is 29.6 Å². The molecule has 4 nitrogen and oxygen atoms in total. The van der Waals surface area contributed by atoms with E-state index in [2.05, 4.69) is 11.4 Å². The Hall–Kier alpha value is -1.07. The van der Waals surface area contributed by atoms with E-state index in [0.29, 0.717) is 0 Å². The molecule has 1 fully saturated rings. The highest BCUT2D eigenvalue weighted by molar-refractivity contribution is 7.10. The number of rotatable bonds is 4. The van der Waals surface area contributed by atoms with Crippen molar-refractivity contribution in [3.05, 3.63) is 22.4 Å². The third kappa shape index (κ3) is 3.20. The van der Waals surface area contributed by atoms with Crippen LogP contribution < -0.4 is 11.1 Å². The van der Waals surface area contributed by atoms with Gasteiger partial charge in [0.15, 0.2) is 0 Å². The van der Waals surface area contributed by atoms with Gasteiger partial charge in [0.2, 0.25) is 0 Å². The van der Waals surface area contributed by atoms with Crippen molar-refractivity contribution in [2.24, 2.45) is 5.73 Å². The Bertz CT molecular complexity index is 383. The van der Waals surface area contributed by atoms with Crippen molar-refractivity contribution in [2.75, 3.05) is 13.1 Å². The minimum atomic E-state index is -0.221. The van der Waals surface area contributed by atoms with Gasteiger partial charge in [-0.25, -0.2) is 4.79 Å². The maximum absolute atomic E-state index is 11.8. The predicted molar refractivity (Wildman–Crippen MR) is 70.0 cm³/mol. The van der Waals surface area contributed by atoms with E-state index in [4.69, 9.17) is 5.73 Å². The summed E-state index contributed by atoms with van der Waals surface area (Å²) in [6, 6.07) is 4.24. The molecule has 0 radical (unpaired) electrons. The van der Waals surface area contributed by atoms with E-state index >= 15 is 0 Å². The minimum Gasteiger partial charge on any atom is -0.329 e. The molecular formula is C12H19N3OS. The SMILES string of the molecule is CC(C)(N)CCN1CC(c2cccs2)NC1=O. The summed E-state index contributed by atoms with van der Waals surface area (Å²) in [6.45, 7) is 5.43. The van der Waals surface area contributed by atoms with Crippen LogP contribution in [0.15, 0.2) is 17.5 Å². The molecule has 1 aromatic rings. The highest BCUT2D eigenvalue weighted by Crippen LogP contribution is 2.24. The van der Waals surface area contributed by atoms with Gasteiger partial charge in [-0.3, -0.25) is 0 Å². The second kappa shape index (κ2) is 4.66. The largest absolute Gasteiger partial charge is 0.329 e. The van der Waals surface area contributed by atoms with Gasteiger partial charge < -0.3 is 16.0 Å². The standard InChI is InChI=1S/C12H19N3OS/c1-12(2,13)5-6-15-8-9(14-11(15)16)10-4-3-7-17-10/h3-4,7,9H,5-6,8,13H2,1-2H3,(H,14,16). The lowest BCUT2D eigenvalue weighted by molar-refractivity contribution is 0.213. The number of urea groups is 1. The molecule has 0 aliphatic carbocycles. The van der Waals surface area contributed by atoms with E-state index in [1.807, 2.05) is 30.2 Å². The van der Waals surface area contributed by atoms with Crippen LogP contribution in [0.1, 0.15) is 31.2 Å². The molecule has 2 rings (SSSR count).